The van der Waals surface area contributed by atoms with Gasteiger partial charge in [-0.15, -0.1) is 0 Å². The third-order valence-electron chi connectivity index (χ3n) is 3.54. The summed E-state index contributed by atoms with van der Waals surface area (Å²) in [5.74, 6) is -0.0179. The van der Waals surface area contributed by atoms with Crippen LogP contribution in [0.5, 0.6) is 5.75 Å². The Hall–Kier alpha value is -1.85. The molecule has 1 heterocycles. The Labute approximate surface area is 122 Å². The lowest BCUT2D eigenvalue weighted by Gasteiger charge is -2.32. The minimum Gasteiger partial charge on any atom is -0.466 e. The fourth-order valence-corrected chi connectivity index (χ4v) is 2.47. The van der Waals surface area contributed by atoms with Crippen LogP contribution in [0.1, 0.15) is 19.8 Å². The van der Waals surface area contributed by atoms with Crippen molar-refractivity contribution in [3.63, 3.8) is 0 Å². The molecule has 0 unspecified atom stereocenters. The van der Waals surface area contributed by atoms with Crippen molar-refractivity contribution in [2.24, 2.45) is 5.92 Å². The molecule has 2 rings (SSSR count). The maximum Gasteiger partial charge on any atom is 0.387 e. The second kappa shape index (κ2) is 7.24. The Morgan fingerprint density at radius 2 is 1.90 bits per heavy atom. The molecule has 0 saturated carbocycles. The second-order valence-corrected chi connectivity index (χ2v) is 4.89. The number of hydrogen-bond donors (Lipinski definition) is 0. The van der Waals surface area contributed by atoms with Gasteiger partial charge >= 0.3 is 12.6 Å². The van der Waals surface area contributed by atoms with Crippen molar-refractivity contribution in [3.8, 4) is 5.75 Å². The molecule has 116 valence electrons. The van der Waals surface area contributed by atoms with Crippen molar-refractivity contribution >= 4 is 11.7 Å². The van der Waals surface area contributed by atoms with Crippen molar-refractivity contribution < 1.29 is 23.0 Å². The van der Waals surface area contributed by atoms with Crippen molar-refractivity contribution in [2.45, 2.75) is 26.4 Å². The van der Waals surface area contributed by atoms with Crippen LogP contribution in [0.25, 0.3) is 0 Å². The molecule has 1 saturated heterocycles. The van der Waals surface area contributed by atoms with Crippen molar-refractivity contribution in [3.05, 3.63) is 24.3 Å². The van der Waals surface area contributed by atoms with E-state index >= 15 is 0 Å². The van der Waals surface area contributed by atoms with Gasteiger partial charge in [0.2, 0.25) is 0 Å². The van der Waals surface area contributed by atoms with Gasteiger partial charge in [0.25, 0.3) is 0 Å². The zero-order chi connectivity index (χ0) is 15.2. The molecule has 4 nitrogen and oxygen atoms in total. The molecule has 0 spiro atoms. The Bertz CT molecular complexity index is 456. The van der Waals surface area contributed by atoms with E-state index in [1.807, 2.05) is 0 Å². The van der Waals surface area contributed by atoms with E-state index in [-0.39, 0.29) is 17.6 Å². The van der Waals surface area contributed by atoms with Gasteiger partial charge in [-0.05, 0) is 44.0 Å². The van der Waals surface area contributed by atoms with Crippen LogP contribution < -0.4 is 9.64 Å². The molecule has 21 heavy (non-hydrogen) atoms. The van der Waals surface area contributed by atoms with Crippen LogP contribution >= 0.6 is 0 Å². The van der Waals surface area contributed by atoms with Gasteiger partial charge in [0.1, 0.15) is 5.75 Å². The summed E-state index contributed by atoms with van der Waals surface area (Å²) in [5, 5.41) is 0. The molecule has 0 aromatic heterocycles. The van der Waals surface area contributed by atoms with Crippen LogP contribution in [0, 0.1) is 5.92 Å². The summed E-state index contributed by atoms with van der Waals surface area (Å²) in [6.07, 6.45) is 1.49. The standard InChI is InChI=1S/C15H19F2NO3/c1-2-20-14(19)11-7-9-18(10-8-11)12-3-5-13(6-4-12)21-15(16)17/h3-6,11,15H,2,7-10H2,1H3. The Morgan fingerprint density at radius 3 is 2.43 bits per heavy atom. The summed E-state index contributed by atoms with van der Waals surface area (Å²) < 4.78 is 33.5. The lowest BCUT2D eigenvalue weighted by atomic mass is 9.96. The van der Waals surface area contributed by atoms with Gasteiger partial charge < -0.3 is 14.4 Å². The van der Waals surface area contributed by atoms with E-state index in [2.05, 4.69) is 9.64 Å². The third kappa shape index (κ3) is 4.31. The molecule has 0 N–H and O–H groups in total. The molecular weight excluding hydrogens is 280 g/mol. The minimum atomic E-state index is -2.81. The van der Waals surface area contributed by atoms with Gasteiger partial charge in [-0.3, -0.25) is 4.79 Å². The molecule has 1 aliphatic heterocycles. The first-order valence-electron chi connectivity index (χ1n) is 7.06. The monoisotopic (exact) mass is 299 g/mol. The molecule has 1 aromatic carbocycles. The van der Waals surface area contributed by atoms with Gasteiger partial charge in [-0.1, -0.05) is 0 Å². The lowest BCUT2D eigenvalue weighted by molar-refractivity contribution is -0.148. The number of esters is 1. The van der Waals surface area contributed by atoms with Gasteiger partial charge in [0, 0.05) is 18.8 Å². The van der Waals surface area contributed by atoms with Crippen LogP contribution in [0.15, 0.2) is 24.3 Å². The summed E-state index contributed by atoms with van der Waals surface area (Å²) in [7, 11) is 0. The van der Waals surface area contributed by atoms with Crippen LogP contribution in [-0.4, -0.2) is 32.3 Å². The maximum absolute atomic E-state index is 12.1. The van der Waals surface area contributed by atoms with Crippen molar-refractivity contribution in [1.29, 1.82) is 0 Å². The molecule has 1 aromatic rings. The number of piperidine rings is 1. The molecule has 6 heteroatoms. The van der Waals surface area contributed by atoms with Gasteiger partial charge in [0.15, 0.2) is 0 Å². The van der Waals surface area contributed by atoms with E-state index in [0.29, 0.717) is 6.61 Å². The van der Waals surface area contributed by atoms with Crippen LogP contribution in [0.3, 0.4) is 0 Å². The van der Waals surface area contributed by atoms with E-state index in [0.717, 1.165) is 31.6 Å². The number of carbonyl (C=O) groups is 1. The first-order chi connectivity index (χ1) is 10.1. The molecule has 0 amide bonds. The molecule has 0 aliphatic carbocycles. The summed E-state index contributed by atoms with van der Waals surface area (Å²) in [4.78, 5) is 13.8. The number of hydrogen-bond acceptors (Lipinski definition) is 4. The van der Waals surface area contributed by atoms with Crippen LogP contribution in [-0.2, 0) is 9.53 Å². The first-order valence-corrected chi connectivity index (χ1v) is 7.06. The normalized spacial score (nSPS) is 16.1. The maximum atomic E-state index is 12.1. The number of carbonyl (C=O) groups excluding carboxylic acids is 1. The van der Waals surface area contributed by atoms with Gasteiger partial charge in [0.05, 0.1) is 12.5 Å². The zero-order valence-electron chi connectivity index (χ0n) is 11.9. The second-order valence-electron chi connectivity index (χ2n) is 4.89. The fraction of sp³-hybridized carbons (Fsp3) is 0.533. The van der Waals surface area contributed by atoms with Crippen LogP contribution in [0.2, 0.25) is 0 Å². The van der Waals surface area contributed by atoms with E-state index in [1.54, 1.807) is 19.1 Å². The number of halogens is 2. The molecular formula is C15H19F2NO3. The highest BCUT2D eigenvalue weighted by Crippen LogP contribution is 2.26. The highest BCUT2D eigenvalue weighted by molar-refractivity contribution is 5.72. The zero-order valence-corrected chi connectivity index (χ0v) is 11.9. The van der Waals surface area contributed by atoms with Crippen LogP contribution in [0.4, 0.5) is 14.5 Å². The van der Waals surface area contributed by atoms with Gasteiger partial charge in [-0.2, -0.15) is 8.78 Å². The summed E-state index contributed by atoms with van der Waals surface area (Å²) >= 11 is 0. The SMILES string of the molecule is CCOC(=O)C1CCN(c2ccc(OC(F)F)cc2)CC1. The number of rotatable bonds is 5. The van der Waals surface area contributed by atoms with E-state index in [1.165, 1.54) is 12.1 Å². The smallest absolute Gasteiger partial charge is 0.387 e. The average Bonchev–Trinajstić information content (AvgIpc) is 2.48. The number of ether oxygens (including phenoxy) is 2. The summed E-state index contributed by atoms with van der Waals surface area (Å²) in [6.45, 7) is 0.897. The molecule has 0 atom stereocenters. The number of benzene rings is 1. The molecule has 0 radical (unpaired) electrons. The Morgan fingerprint density at radius 1 is 1.29 bits per heavy atom. The summed E-state index contributed by atoms with van der Waals surface area (Å²) in [6, 6.07) is 6.56. The van der Waals surface area contributed by atoms with Gasteiger partial charge in [-0.25, -0.2) is 0 Å². The minimum absolute atomic E-state index is 0.0392. The Kier molecular flexibility index (Phi) is 5.36. The van der Waals surface area contributed by atoms with Crippen molar-refractivity contribution in [1.82, 2.24) is 0 Å². The predicted molar refractivity (Wildman–Crippen MR) is 74.6 cm³/mol. The summed E-state index contributed by atoms with van der Waals surface area (Å²) in [5.41, 5.74) is 0.943. The first kappa shape index (κ1) is 15.5. The largest absolute Gasteiger partial charge is 0.466 e. The lowest BCUT2D eigenvalue weighted by Crippen LogP contribution is -2.36. The topological polar surface area (TPSA) is 38.8 Å². The average molecular weight is 299 g/mol. The molecule has 0 bridgehead atoms. The fourth-order valence-electron chi connectivity index (χ4n) is 2.47. The number of anilines is 1. The Balaban J connectivity index is 1.88. The quantitative estimate of drug-likeness (QED) is 0.783. The third-order valence-corrected chi connectivity index (χ3v) is 3.54. The highest BCUT2D eigenvalue weighted by Gasteiger charge is 2.26. The molecule has 1 fully saturated rings. The number of nitrogens with zero attached hydrogens (tertiary/aromatic N) is 1. The van der Waals surface area contributed by atoms with Crippen molar-refractivity contribution in [2.75, 3.05) is 24.6 Å². The van der Waals surface area contributed by atoms with E-state index in [4.69, 9.17) is 4.74 Å². The highest BCUT2D eigenvalue weighted by atomic mass is 19.3. The number of alkyl halides is 2. The predicted octanol–water partition coefficient (Wildman–Crippen LogP) is 3.07. The molecule has 1 aliphatic rings. The van der Waals surface area contributed by atoms with E-state index < -0.39 is 6.61 Å². The van der Waals surface area contributed by atoms with E-state index in [9.17, 15) is 13.6 Å².